The summed E-state index contributed by atoms with van der Waals surface area (Å²) in [6.07, 6.45) is 2.50. The van der Waals surface area contributed by atoms with Crippen molar-refractivity contribution in [3.05, 3.63) is 42.1 Å². The fourth-order valence-corrected chi connectivity index (χ4v) is 1.89. The van der Waals surface area contributed by atoms with Crippen LogP contribution in [0.25, 0.3) is 5.57 Å². The van der Waals surface area contributed by atoms with Gasteiger partial charge in [0.1, 0.15) is 5.60 Å². The van der Waals surface area contributed by atoms with Crippen LogP contribution in [0.1, 0.15) is 32.8 Å². The van der Waals surface area contributed by atoms with Gasteiger partial charge in [0.25, 0.3) is 0 Å². The maximum atomic E-state index is 11.9. The molecule has 1 amide bonds. The molecule has 1 heterocycles. The molecule has 0 aromatic heterocycles. The molecule has 0 radical (unpaired) electrons. The van der Waals surface area contributed by atoms with Crippen molar-refractivity contribution in [3.8, 4) is 0 Å². The molecular formula is C15H19NO2. The van der Waals surface area contributed by atoms with E-state index >= 15 is 0 Å². The van der Waals surface area contributed by atoms with E-state index in [2.05, 4.69) is 12.1 Å². The van der Waals surface area contributed by atoms with Gasteiger partial charge in [-0.2, -0.15) is 0 Å². The molecule has 0 N–H and O–H groups in total. The van der Waals surface area contributed by atoms with Gasteiger partial charge in [-0.3, -0.25) is 4.90 Å². The van der Waals surface area contributed by atoms with Crippen LogP contribution in [-0.4, -0.2) is 23.1 Å². The minimum Gasteiger partial charge on any atom is -0.443 e. The highest BCUT2D eigenvalue weighted by Gasteiger charge is 2.24. The van der Waals surface area contributed by atoms with E-state index in [9.17, 15) is 4.79 Å². The summed E-state index contributed by atoms with van der Waals surface area (Å²) in [6.45, 7) is 6.33. The molecule has 18 heavy (non-hydrogen) atoms. The summed E-state index contributed by atoms with van der Waals surface area (Å²) in [7, 11) is 0. The Morgan fingerprint density at radius 2 is 1.89 bits per heavy atom. The highest BCUT2D eigenvalue weighted by molar-refractivity contribution is 5.76. The Morgan fingerprint density at radius 3 is 2.50 bits per heavy atom. The monoisotopic (exact) mass is 245 g/mol. The summed E-state index contributed by atoms with van der Waals surface area (Å²) in [5.74, 6) is 0. The zero-order valence-electron chi connectivity index (χ0n) is 11.1. The molecule has 1 aromatic rings. The topological polar surface area (TPSA) is 29.5 Å². The fraction of sp³-hybridized carbons (Fsp3) is 0.400. The van der Waals surface area contributed by atoms with Gasteiger partial charge in [0.15, 0.2) is 0 Å². The molecule has 0 fully saturated rings. The number of carbonyl (C=O) groups is 1. The van der Waals surface area contributed by atoms with Gasteiger partial charge in [-0.05, 0) is 38.3 Å². The van der Waals surface area contributed by atoms with Crippen LogP contribution in [0.3, 0.4) is 0 Å². The van der Waals surface area contributed by atoms with Crippen molar-refractivity contribution in [1.29, 1.82) is 0 Å². The van der Waals surface area contributed by atoms with Gasteiger partial charge in [0.2, 0.25) is 0 Å². The quantitative estimate of drug-likeness (QED) is 0.755. The maximum absolute atomic E-state index is 11.9. The van der Waals surface area contributed by atoms with Gasteiger partial charge in [-0.25, -0.2) is 4.79 Å². The molecule has 3 nitrogen and oxygen atoms in total. The number of rotatable bonds is 1. The molecule has 1 aromatic carbocycles. The lowest BCUT2D eigenvalue weighted by atomic mass is 10.1. The Hall–Kier alpha value is -1.77. The maximum Gasteiger partial charge on any atom is 0.414 e. The second kappa shape index (κ2) is 4.84. The highest BCUT2D eigenvalue weighted by Crippen LogP contribution is 2.25. The average Bonchev–Trinajstić information content (AvgIpc) is 2.77. The van der Waals surface area contributed by atoms with Crippen LogP contribution in [0.4, 0.5) is 4.79 Å². The largest absolute Gasteiger partial charge is 0.443 e. The predicted molar refractivity (Wildman–Crippen MR) is 72.0 cm³/mol. The molecule has 0 saturated heterocycles. The van der Waals surface area contributed by atoms with E-state index in [1.54, 1.807) is 4.90 Å². The zero-order chi connectivity index (χ0) is 13.2. The number of hydrogen-bond acceptors (Lipinski definition) is 2. The summed E-state index contributed by atoms with van der Waals surface area (Å²) in [5, 5.41) is 0. The summed E-state index contributed by atoms with van der Waals surface area (Å²) >= 11 is 0. The van der Waals surface area contributed by atoms with Gasteiger partial charge in [0, 0.05) is 12.7 Å². The fourth-order valence-electron chi connectivity index (χ4n) is 1.89. The predicted octanol–water partition coefficient (Wildman–Crippen LogP) is 3.67. The Morgan fingerprint density at radius 1 is 1.22 bits per heavy atom. The average molecular weight is 245 g/mol. The van der Waals surface area contributed by atoms with Crippen LogP contribution in [0, 0.1) is 0 Å². The van der Waals surface area contributed by atoms with Gasteiger partial charge in [-0.15, -0.1) is 0 Å². The third kappa shape index (κ3) is 3.13. The van der Waals surface area contributed by atoms with E-state index in [-0.39, 0.29) is 6.09 Å². The summed E-state index contributed by atoms with van der Waals surface area (Å²) in [4.78, 5) is 13.5. The van der Waals surface area contributed by atoms with Crippen LogP contribution in [0.2, 0.25) is 0 Å². The third-order valence-corrected chi connectivity index (χ3v) is 2.71. The Bertz CT molecular complexity index is 457. The van der Waals surface area contributed by atoms with Crippen molar-refractivity contribution in [2.75, 3.05) is 6.54 Å². The number of ether oxygens (including phenoxy) is 1. The van der Waals surface area contributed by atoms with E-state index in [0.717, 1.165) is 6.42 Å². The van der Waals surface area contributed by atoms with Crippen LogP contribution >= 0.6 is 0 Å². The molecular weight excluding hydrogens is 226 g/mol. The molecule has 0 bridgehead atoms. The first kappa shape index (κ1) is 12.7. The van der Waals surface area contributed by atoms with Crippen LogP contribution in [0.15, 0.2) is 36.5 Å². The van der Waals surface area contributed by atoms with Crippen molar-refractivity contribution in [3.63, 3.8) is 0 Å². The molecule has 0 saturated carbocycles. The van der Waals surface area contributed by atoms with Crippen LogP contribution in [-0.2, 0) is 4.74 Å². The lowest BCUT2D eigenvalue weighted by Crippen LogP contribution is -2.32. The molecule has 96 valence electrons. The Balaban J connectivity index is 2.07. The van der Waals surface area contributed by atoms with Crippen molar-refractivity contribution in [2.24, 2.45) is 0 Å². The van der Waals surface area contributed by atoms with Gasteiger partial charge >= 0.3 is 6.09 Å². The molecule has 0 spiro atoms. The second-order valence-corrected chi connectivity index (χ2v) is 5.44. The van der Waals surface area contributed by atoms with E-state index in [1.165, 1.54) is 11.1 Å². The minimum absolute atomic E-state index is 0.270. The molecule has 3 heteroatoms. The van der Waals surface area contributed by atoms with E-state index in [4.69, 9.17) is 4.74 Å². The number of amides is 1. The Labute approximate surface area is 108 Å². The second-order valence-electron chi connectivity index (χ2n) is 5.44. The smallest absolute Gasteiger partial charge is 0.414 e. The van der Waals surface area contributed by atoms with Crippen molar-refractivity contribution < 1.29 is 9.53 Å². The molecule has 0 aliphatic carbocycles. The number of hydrogen-bond donors (Lipinski definition) is 0. The highest BCUT2D eigenvalue weighted by atomic mass is 16.6. The molecule has 0 unspecified atom stereocenters. The molecule has 2 rings (SSSR count). The third-order valence-electron chi connectivity index (χ3n) is 2.71. The lowest BCUT2D eigenvalue weighted by molar-refractivity contribution is 0.0349. The first-order valence-electron chi connectivity index (χ1n) is 6.21. The van der Waals surface area contributed by atoms with Crippen molar-refractivity contribution in [2.45, 2.75) is 32.8 Å². The van der Waals surface area contributed by atoms with Gasteiger partial charge < -0.3 is 4.74 Å². The summed E-state index contributed by atoms with van der Waals surface area (Å²) in [6, 6.07) is 10.1. The van der Waals surface area contributed by atoms with Gasteiger partial charge in [-0.1, -0.05) is 30.3 Å². The Kier molecular flexibility index (Phi) is 3.41. The number of nitrogens with zero attached hydrogens (tertiary/aromatic N) is 1. The van der Waals surface area contributed by atoms with Crippen LogP contribution in [0.5, 0.6) is 0 Å². The molecule has 0 atom stereocenters. The van der Waals surface area contributed by atoms with E-state index < -0.39 is 5.60 Å². The standard InChI is InChI=1S/C15H19NO2/c1-15(2,3)18-14(17)16-10-9-13(11-16)12-7-5-4-6-8-12/h4-8,11H,9-10H2,1-3H3. The van der Waals surface area contributed by atoms with E-state index in [0.29, 0.717) is 6.54 Å². The van der Waals surface area contributed by atoms with Crippen molar-refractivity contribution in [1.82, 2.24) is 4.90 Å². The van der Waals surface area contributed by atoms with Crippen molar-refractivity contribution >= 4 is 11.7 Å². The van der Waals surface area contributed by atoms with Gasteiger partial charge in [0.05, 0.1) is 0 Å². The number of benzene rings is 1. The molecule has 1 aliphatic rings. The SMILES string of the molecule is CC(C)(C)OC(=O)N1C=C(c2ccccc2)CC1. The van der Waals surface area contributed by atoms with Crippen LogP contribution < -0.4 is 0 Å². The minimum atomic E-state index is -0.444. The first-order valence-corrected chi connectivity index (χ1v) is 6.21. The van der Waals surface area contributed by atoms with E-state index in [1.807, 2.05) is 45.2 Å². The zero-order valence-corrected chi connectivity index (χ0v) is 11.1. The number of carbonyl (C=O) groups excluding carboxylic acids is 1. The normalized spacial score (nSPS) is 15.5. The molecule has 1 aliphatic heterocycles. The lowest BCUT2D eigenvalue weighted by Gasteiger charge is -2.23. The first-order chi connectivity index (χ1) is 8.46. The summed E-state index contributed by atoms with van der Waals surface area (Å²) < 4.78 is 5.35. The summed E-state index contributed by atoms with van der Waals surface area (Å²) in [5.41, 5.74) is 1.91.